The lowest BCUT2D eigenvalue weighted by Crippen LogP contribution is -2.32. The van der Waals surface area contributed by atoms with Gasteiger partial charge in [0.15, 0.2) is 5.82 Å². The van der Waals surface area contributed by atoms with Crippen molar-refractivity contribution in [2.45, 2.75) is 52.5 Å². The van der Waals surface area contributed by atoms with Gasteiger partial charge in [0, 0.05) is 18.8 Å². The van der Waals surface area contributed by atoms with E-state index in [0.717, 1.165) is 22.4 Å². The Hall–Kier alpha value is -3.15. The Kier molecular flexibility index (Phi) is 7.22. The fourth-order valence-electron chi connectivity index (χ4n) is 3.19. The van der Waals surface area contributed by atoms with Crippen molar-refractivity contribution in [3.8, 4) is 5.75 Å². The molecule has 158 valence electrons. The van der Waals surface area contributed by atoms with Crippen LogP contribution in [0, 0.1) is 13.8 Å². The molecule has 6 nitrogen and oxygen atoms in total. The minimum Gasteiger partial charge on any atom is -0.491 e. The van der Waals surface area contributed by atoms with Crippen molar-refractivity contribution in [3.63, 3.8) is 0 Å². The number of rotatable bonds is 9. The summed E-state index contributed by atoms with van der Waals surface area (Å²) in [6.45, 7) is 8.39. The number of ether oxygens (including phenoxy) is 1. The molecule has 1 aromatic heterocycles. The summed E-state index contributed by atoms with van der Waals surface area (Å²) in [6, 6.07) is 15.7. The summed E-state index contributed by atoms with van der Waals surface area (Å²) in [4.78, 5) is 17.0. The van der Waals surface area contributed by atoms with Gasteiger partial charge in [-0.2, -0.15) is 4.98 Å². The van der Waals surface area contributed by atoms with Crippen LogP contribution >= 0.6 is 0 Å². The van der Waals surface area contributed by atoms with Crippen molar-refractivity contribution < 1.29 is 14.1 Å². The summed E-state index contributed by atoms with van der Waals surface area (Å²) in [7, 11) is 0. The Morgan fingerprint density at radius 2 is 1.77 bits per heavy atom. The third-order valence-electron chi connectivity index (χ3n) is 4.91. The highest BCUT2D eigenvalue weighted by Crippen LogP contribution is 2.24. The van der Waals surface area contributed by atoms with E-state index in [-0.39, 0.29) is 24.3 Å². The molecule has 0 radical (unpaired) electrons. The lowest BCUT2D eigenvalue weighted by atomic mass is 10.1. The number of carbonyl (C=O) groups is 1. The Balaban J connectivity index is 1.64. The van der Waals surface area contributed by atoms with Crippen molar-refractivity contribution in [1.82, 2.24) is 15.5 Å². The number of nitrogens with one attached hydrogen (secondary N) is 1. The summed E-state index contributed by atoms with van der Waals surface area (Å²) < 4.78 is 11.4. The largest absolute Gasteiger partial charge is 0.491 e. The monoisotopic (exact) mass is 407 g/mol. The zero-order valence-electron chi connectivity index (χ0n) is 18.0. The highest BCUT2D eigenvalue weighted by Gasteiger charge is 2.18. The highest BCUT2D eigenvalue weighted by atomic mass is 16.5. The molecule has 1 atom stereocenters. The number of hydrogen-bond acceptors (Lipinski definition) is 5. The van der Waals surface area contributed by atoms with Gasteiger partial charge in [-0.15, -0.1) is 0 Å². The molecule has 30 heavy (non-hydrogen) atoms. The van der Waals surface area contributed by atoms with Crippen molar-refractivity contribution in [2.24, 2.45) is 0 Å². The molecule has 2 aromatic carbocycles. The lowest BCUT2D eigenvalue weighted by Gasteiger charge is -2.21. The zero-order chi connectivity index (χ0) is 21.5. The first-order valence-electron chi connectivity index (χ1n) is 10.3. The number of aryl methyl sites for hydroxylation is 3. The van der Waals surface area contributed by atoms with Crippen LogP contribution in [0.15, 0.2) is 53.1 Å². The maximum atomic E-state index is 12.6. The third kappa shape index (κ3) is 5.69. The number of para-hydroxylation sites is 1. The number of hydrogen-bond donors (Lipinski definition) is 1. The highest BCUT2D eigenvalue weighted by molar-refractivity contribution is 5.76. The molecule has 1 unspecified atom stereocenters. The molecular weight excluding hydrogens is 378 g/mol. The number of aromatic nitrogens is 2. The van der Waals surface area contributed by atoms with Crippen LogP contribution in [0.1, 0.15) is 60.6 Å². The molecule has 0 spiro atoms. The van der Waals surface area contributed by atoms with Gasteiger partial charge < -0.3 is 14.6 Å². The second-order valence-corrected chi connectivity index (χ2v) is 7.76. The van der Waals surface area contributed by atoms with Crippen LogP contribution in [0.2, 0.25) is 0 Å². The Morgan fingerprint density at radius 3 is 2.40 bits per heavy atom. The summed E-state index contributed by atoms with van der Waals surface area (Å²) in [5.41, 5.74) is 3.15. The van der Waals surface area contributed by atoms with Gasteiger partial charge >= 0.3 is 0 Å². The molecule has 0 saturated carbocycles. The minimum atomic E-state index is -0.258. The van der Waals surface area contributed by atoms with Crippen LogP contribution in [-0.2, 0) is 11.2 Å². The van der Waals surface area contributed by atoms with Crippen molar-refractivity contribution >= 4 is 5.91 Å². The first-order chi connectivity index (χ1) is 14.4. The predicted molar refractivity (Wildman–Crippen MR) is 115 cm³/mol. The normalized spacial score (nSPS) is 12.0. The smallest absolute Gasteiger partial charge is 0.227 e. The first-order valence-corrected chi connectivity index (χ1v) is 10.3. The molecule has 0 aliphatic rings. The van der Waals surface area contributed by atoms with Crippen LogP contribution in [0.3, 0.4) is 0 Å². The number of nitrogens with zero attached hydrogens (tertiary/aromatic N) is 2. The van der Waals surface area contributed by atoms with Gasteiger partial charge in [-0.1, -0.05) is 67.5 Å². The fraction of sp³-hybridized carbons (Fsp3) is 0.375. The van der Waals surface area contributed by atoms with Gasteiger partial charge in [0.05, 0.1) is 6.04 Å². The molecule has 1 amide bonds. The van der Waals surface area contributed by atoms with Gasteiger partial charge in [0.2, 0.25) is 11.8 Å². The third-order valence-corrected chi connectivity index (χ3v) is 4.91. The van der Waals surface area contributed by atoms with E-state index in [2.05, 4.69) is 15.5 Å². The Labute approximate surface area is 177 Å². The van der Waals surface area contributed by atoms with E-state index in [4.69, 9.17) is 9.26 Å². The fourth-order valence-corrected chi connectivity index (χ4v) is 3.19. The maximum Gasteiger partial charge on any atom is 0.227 e. The SMILES string of the molecule is Cc1cccc(C)c1OCC(NC(=O)CCc1nc(C(C)C)no1)c1ccccc1. The molecule has 0 aliphatic heterocycles. The van der Waals surface area contributed by atoms with Crippen LogP contribution in [0.4, 0.5) is 0 Å². The average molecular weight is 408 g/mol. The van der Waals surface area contributed by atoms with Crippen LogP contribution < -0.4 is 10.1 Å². The molecular formula is C24H29N3O3. The number of amides is 1. The van der Waals surface area contributed by atoms with E-state index in [1.54, 1.807) is 0 Å². The Bertz CT molecular complexity index is 947. The minimum absolute atomic E-state index is 0.0849. The molecule has 3 rings (SSSR count). The van der Waals surface area contributed by atoms with Crippen LogP contribution in [0.25, 0.3) is 0 Å². The van der Waals surface area contributed by atoms with Crippen molar-refractivity contribution in [1.29, 1.82) is 0 Å². The summed E-state index contributed by atoms with van der Waals surface area (Å²) >= 11 is 0. The Morgan fingerprint density at radius 1 is 1.07 bits per heavy atom. The number of carbonyl (C=O) groups excluding carboxylic acids is 1. The van der Waals surface area contributed by atoms with E-state index in [1.165, 1.54) is 0 Å². The average Bonchev–Trinajstić information content (AvgIpc) is 3.21. The predicted octanol–water partition coefficient (Wildman–Crippen LogP) is 4.68. The van der Waals surface area contributed by atoms with Crippen molar-refractivity contribution in [2.75, 3.05) is 6.61 Å². The molecule has 1 heterocycles. The summed E-state index contributed by atoms with van der Waals surface area (Å²) in [5.74, 6) is 2.12. The topological polar surface area (TPSA) is 77.2 Å². The van der Waals surface area contributed by atoms with Gasteiger partial charge in [0.25, 0.3) is 0 Å². The molecule has 3 aromatic rings. The lowest BCUT2D eigenvalue weighted by molar-refractivity contribution is -0.122. The van der Waals surface area contributed by atoms with Gasteiger partial charge in [0.1, 0.15) is 12.4 Å². The molecule has 0 saturated heterocycles. The van der Waals surface area contributed by atoms with E-state index >= 15 is 0 Å². The molecule has 0 bridgehead atoms. The standard InChI is InChI=1S/C24H29N3O3/c1-16(2)24-26-22(30-27-24)14-13-21(28)25-20(19-11-6-5-7-12-19)15-29-23-17(3)9-8-10-18(23)4/h5-12,16,20H,13-15H2,1-4H3,(H,25,28). The quantitative estimate of drug-likeness (QED) is 0.557. The summed E-state index contributed by atoms with van der Waals surface area (Å²) in [5, 5.41) is 7.03. The molecule has 0 fully saturated rings. The van der Waals surface area contributed by atoms with Crippen molar-refractivity contribution in [3.05, 3.63) is 76.9 Å². The van der Waals surface area contributed by atoms with Crippen LogP contribution in [-0.4, -0.2) is 22.7 Å². The maximum absolute atomic E-state index is 12.6. The molecule has 6 heteroatoms. The molecule has 1 N–H and O–H groups in total. The second-order valence-electron chi connectivity index (χ2n) is 7.76. The van der Waals surface area contributed by atoms with Gasteiger partial charge in [-0.05, 0) is 30.5 Å². The van der Waals surface area contributed by atoms with E-state index in [1.807, 2.05) is 76.2 Å². The second kappa shape index (κ2) is 10.1. The van der Waals surface area contributed by atoms with E-state index in [9.17, 15) is 4.79 Å². The van der Waals surface area contributed by atoms with E-state index < -0.39 is 0 Å². The van der Waals surface area contributed by atoms with E-state index in [0.29, 0.717) is 24.7 Å². The summed E-state index contributed by atoms with van der Waals surface area (Å²) in [6.07, 6.45) is 0.678. The number of benzene rings is 2. The zero-order valence-corrected chi connectivity index (χ0v) is 18.0. The van der Waals surface area contributed by atoms with Crippen LogP contribution in [0.5, 0.6) is 5.75 Å². The van der Waals surface area contributed by atoms with Gasteiger partial charge in [-0.3, -0.25) is 4.79 Å². The molecule has 0 aliphatic carbocycles. The first kappa shape index (κ1) is 21.6. The van der Waals surface area contributed by atoms with Gasteiger partial charge in [-0.25, -0.2) is 0 Å².